The van der Waals surface area contributed by atoms with Gasteiger partial charge >= 0.3 is 0 Å². The van der Waals surface area contributed by atoms with Crippen LogP contribution in [0.2, 0.25) is 10.0 Å². The number of carbonyl (C=O) groups is 1. The van der Waals surface area contributed by atoms with Gasteiger partial charge in [-0.2, -0.15) is 0 Å². The highest BCUT2D eigenvalue weighted by molar-refractivity contribution is 9.10. The second-order valence-electron chi connectivity index (χ2n) is 3.92. The summed E-state index contributed by atoms with van der Waals surface area (Å²) in [4.78, 5) is 12.6. The second kappa shape index (κ2) is 7.36. The van der Waals surface area contributed by atoms with Crippen molar-refractivity contribution in [3.63, 3.8) is 0 Å². The van der Waals surface area contributed by atoms with Crippen molar-refractivity contribution in [2.45, 2.75) is 4.90 Å². The number of benzene rings is 2. The molecule has 2 aromatic rings. The first-order valence-electron chi connectivity index (χ1n) is 5.68. The summed E-state index contributed by atoms with van der Waals surface area (Å²) in [5.74, 6) is 0.184. The molecule has 0 spiro atoms. The molecule has 1 N–H and O–H groups in total. The third-order valence-electron chi connectivity index (χ3n) is 2.38. The molecule has 0 heterocycles. The zero-order chi connectivity index (χ0) is 14.5. The Bertz CT molecular complexity index is 619. The van der Waals surface area contributed by atoms with E-state index in [2.05, 4.69) is 21.2 Å². The summed E-state index contributed by atoms with van der Waals surface area (Å²) >= 11 is 16.6. The highest BCUT2D eigenvalue weighted by atomic mass is 79.9. The van der Waals surface area contributed by atoms with E-state index in [0.29, 0.717) is 10.0 Å². The second-order valence-corrected chi connectivity index (χ2v) is 6.69. The molecule has 104 valence electrons. The molecule has 2 nitrogen and oxygen atoms in total. The fraction of sp³-hybridized carbons (Fsp3) is 0.0714. The SMILES string of the molecule is O=C(CSc1cc(Cl)ccc1Cl)Nc1ccc(Br)cc1. The summed E-state index contributed by atoms with van der Waals surface area (Å²) in [5.41, 5.74) is 0.760. The minimum Gasteiger partial charge on any atom is -0.325 e. The average molecular weight is 391 g/mol. The largest absolute Gasteiger partial charge is 0.325 e. The molecule has 2 rings (SSSR count). The summed E-state index contributed by atoms with van der Waals surface area (Å²) < 4.78 is 0.968. The Morgan fingerprint density at radius 3 is 2.55 bits per heavy atom. The molecule has 0 radical (unpaired) electrons. The zero-order valence-electron chi connectivity index (χ0n) is 10.2. The summed E-state index contributed by atoms with van der Waals surface area (Å²) in [6.45, 7) is 0. The van der Waals surface area contributed by atoms with E-state index in [-0.39, 0.29) is 11.7 Å². The van der Waals surface area contributed by atoms with Crippen molar-refractivity contribution in [3.8, 4) is 0 Å². The number of hydrogen-bond acceptors (Lipinski definition) is 2. The molecule has 0 aliphatic heterocycles. The van der Waals surface area contributed by atoms with Crippen LogP contribution in [0.3, 0.4) is 0 Å². The Balaban J connectivity index is 1.92. The van der Waals surface area contributed by atoms with E-state index < -0.39 is 0 Å². The molecule has 1 amide bonds. The van der Waals surface area contributed by atoms with E-state index in [4.69, 9.17) is 23.2 Å². The number of halogens is 3. The van der Waals surface area contributed by atoms with Crippen LogP contribution in [0.25, 0.3) is 0 Å². The fourth-order valence-corrected chi connectivity index (χ4v) is 3.02. The van der Waals surface area contributed by atoms with E-state index in [1.807, 2.05) is 24.3 Å². The quantitative estimate of drug-likeness (QED) is 0.699. The molecule has 0 aliphatic rings. The van der Waals surface area contributed by atoms with Crippen molar-refractivity contribution in [2.75, 3.05) is 11.1 Å². The highest BCUT2D eigenvalue weighted by Gasteiger charge is 2.07. The van der Waals surface area contributed by atoms with Gasteiger partial charge in [0.1, 0.15) is 0 Å². The Morgan fingerprint density at radius 1 is 1.15 bits per heavy atom. The summed E-state index contributed by atoms with van der Waals surface area (Å²) in [7, 11) is 0. The number of anilines is 1. The monoisotopic (exact) mass is 389 g/mol. The van der Waals surface area contributed by atoms with Crippen molar-refractivity contribution in [1.82, 2.24) is 0 Å². The maximum atomic E-state index is 11.8. The van der Waals surface area contributed by atoms with Crippen LogP contribution < -0.4 is 5.32 Å². The minimum absolute atomic E-state index is 0.0895. The van der Waals surface area contributed by atoms with Gasteiger partial charge in [0.15, 0.2) is 0 Å². The Hall–Kier alpha value is -0.680. The Morgan fingerprint density at radius 2 is 1.85 bits per heavy atom. The molecule has 6 heteroatoms. The smallest absolute Gasteiger partial charge is 0.234 e. The van der Waals surface area contributed by atoms with Gasteiger partial charge in [-0.1, -0.05) is 39.1 Å². The topological polar surface area (TPSA) is 29.1 Å². The summed E-state index contributed by atoms with van der Waals surface area (Å²) in [6.07, 6.45) is 0. The lowest BCUT2D eigenvalue weighted by molar-refractivity contribution is -0.113. The van der Waals surface area contributed by atoms with Gasteiger partial charge in [-0.05, 0) is 42.5 Å². The molecule has 2 aromatic carbocycles. The molecule has 0 atom stereocenters. The van der Waals surface area contributed by atoms with Crippen LogP contribution in [0.15, 0.2) is 51.8 Å². The van der Waals surface area contributed by atoms with Gasteiger partial charge in [0.25, 0.3) is 0 Å². The first kappa shape index (κ1) is 15.7. The Kier molecular flexibility index (Phi) is 5.78. The van der Waals surface area contributed by atoms with Gasteiger partial charge in [0.2, 0.25) is 5.91 Å². The van der Waals surface area contributed by atoms with Crippen molar-refractivity contribution < 1.29 is 4.79 Å². The van der Waals surface area contributed by atoms with Crippen LogP contribution in [0.5, 0.6) is 0 Å². The van der Waals surface area contributed by atoms with E-state index in [1.54, 1.807) is 18.2 Å². The van der Waals surface area contributed by atoms with Crippen LogP contribution in [-0.2, 0) is 4.79 Å². The number of carbonyl (C=O) groups excluding carboxylic acids is 1. The molecular formula is C14H10BrCl2NOS. The molecular weight excluding hydrogens is 381 g/mol. The molecule has 0 aliphatic carbocycles. The third kappa shape index (κ3) is 4.70. The fourth-order valence-electron chi connectivity index (χ4n) is 1.46. The van der Waals surface area contributed by atoms with Crippen molar-refractivity contribution >= 4 is 62.5 Å². The third-order valence-corrected chi connectivity index (χ3v) is 4.64. The summed E-state index contributed by atoms with van der Waals surface area (Å²) in [5, 5.41) is 4.01. The minimum atomic E-state index is -0.0895. The number of amides is 1. The molecule has 0 aromatic heterocycles. The molecule has 0 bridgehead atoms. The van der Waals surface area contributed by atoms with Crippen LogP contribution in [0, 0.1) is 0 Å². The molecule has 0 saturated carbocycles. The van der Waals surface area contributed by atoms with Crippen molar-refractivity contribution in [1.29, 1.82) is 0 Å². The maximum absolute atomic E-state index is 11.8. The number of nitrogens with one attached hydrogen (secondary N) is 1. The number of hydrogen-bond donors (Lipinski definition) is 1. The zero-order valence-corrected chi connectivity index (χ0v) is 14.1. The average Bonchev–Trinajstić information content (AvgIpc) is 2.42. The predicted octanol–water partition coefficient (Wildman–Crippen LogP) is 5.49. The normalized spacial score (nSPS) is 10.3. The first-order valence-corrected chi connectivity index (χ1v) is 8.21. The predicted molar refractivity (Wildman–Crippen MR) is 90.0 cm³/mol. The van der Waals surface area contributed by atoms with Crippen LogP contribution in [0.4, 0.5) is 5.69 Å². The first-order chi connectivity index (χ1) is 9.54. The Labute approximate surface area is 140 Å². The van der Waals surface area contributed by atoms with Crippen molar-refractivity contribution in [2.24, 2.45) is 0 Å². The van der Waals surface area contributed by atoms with Gasteiger partial charge in [-0.3, -0.25) is 4.79 Å². The van der Waals surface area contributed by atoms with Gasteiger partial charge in [-0.15, -0.1) is 11.8 Å². The lowest BCUT2D eigenvalue weighted by atomic mass is 10.3. The van der Waals surface area contributed by atoms with Crippen LogP contribution in [-0.4, -0.2) is 11.7 Å². The number of thioether (sulfide) groups is 1. The summed E-state index contributed by atoms with van der Waals surface area (Å²) in [6, 6.07) is 12.6. The lowest BCUT2D eigenvalue weighted by Gasteiger charge is -2.06. The van der Waals surface area contributed by atoms with E-state index >= 15 is 0 Å². The molecule has 0 fully saturated rings. The van der Waals surface area contributed by atoms with Crippen LogP contribution >= 0.6 is 50.9 Å². The van der Waals surface area contributed by atoms with Crippen LogP contribution in [0.1, 0.15) is 0 Å². The van der Waals surface area contributed by atoms with Gasteiger partial charge < -0.3 is 5.32 Å². The maximum Gasteiger partial charge on any atom is 0.234 e. The van der Waals surface area contributed by atoms with Gasteiger partial charge in [0, 0.05) is 20.1 Å². The van der Waals surface area contributed by atoms with Gasteiger partial charge in [0.05, 0.1) is 10.8 Å². The van der Waals surface area contributed by atoms with Crippen molar-refractivity contribution in [3.05, 3.63) is 57.0 Å². The van der Waals surface area contributed by atoms with Gasteiger partial charge in [-0.25, -0.2) is 0 Å². The van der Waals surface area contributed by atoms with E-state index in [1.165, 1.54) is 11.8 Å². The molecule has 0 unspecified atom stereocenters. The number of rotatable bonds is 4. The van der Waals surface area contributed by atoms with E-state index in [0.717, 1.165) is 15.1 Å². The van der Waals surface area contributed by atoms with E-state index in [9.17, 15) is 4.79 Å². The molecule has 0 saturated heterocycles. The highest BCUT2D eigenvalue weighted by Crippen LogP contribution is 2.29. The molecule has 20 heavy (non-hydrogen) atoms. The standard InChI is InChI=1S/C14H10BrCl2NOS/c15-9-1-4-11(5-2-9)18-14(19)8-20-13-7-10(16)3-6-12(13)17/h1-7H,8H2,(H,18,19). The lowest BCUT2D eigenvalue weighted by Crippen LogP contribution is -2.13.